The standard InChI is InChI=1S/C21H21F2N5O3/c1-13(25-26-27(2)11-14-10-15(22)8-9-16(14)23)20(29)24-17-12-31-19-7-5-4-6-18(19)28(3)21(17)30/h4-10,17H,1,11-12H2,2-3H3,(H,24,29)/t17-/m0/s1. The van der Waals surface area contributed by atoms with Crippen molar-refractivity contribution in [2.75, 3.05) is 25.6 Å². The summed E-state index contributed by atoms with van der Waals surface area (Å²) in [6.07, 6.45) is 0. The fourth-order valence-corrected chi connectivity index (χ4v) is 2.92. The van der Waals surface area contributed by atoms with Crippen LogP contribution in [0.1, 0.15) is 5.56 Å². The maximum absolute atomic E-state index is 13.7. The molecule has 0 bridgehead atoms. The molecule has 1 N–H and O–H groups in total. The Balaban J connectivity index is 1.59. The summed E-state index contributed by atoms with van der Waals surface area (Å²) in [5.41, 5.74) is 0.415. The van der Waals surface area contributed by atoms with Gasteiger partial charge in [-0.25, -0.2) is 8.78 Å². The van der Waals surface area contributed by atoms with Crippen LogP contribution in [-0.2, 0) is 16.1 Å². The number of amides is 2. The Morgan fingerprint density at radius 1 is 1.32 bits per heavy atom. The zero-order valence-electron chi connectivity index (χ0n) is 17.0. The maximum atomic E-state index is 13.7. The lowest BCUT2D eigenvalue weighted by molar-refractivity contribution is -0.126. The molecule has 0 radical (unpaired) electrons. The highest BCUT2D eigenvalue weighted by atomic mass is 19.1. The minimum Gasteiger partial charge on any atom is -0.489 e. The van der Waals surface area contributed by atoms with Crippen molar-refractivity contribution in [1.29, 1.82) is 0 Å². The van der Waals surface area contributed by atoms with Gasteiger partial charge >= 0.3 is 0 Å². The Kier molecular flexibility index (Phi) is 6.58. The molecule has 2 aromatic carbocycles. The summed E-state index contributed by atoms with van der Waals surface area (Å²) in [5.74, 6) is -1.71. The van der Waals surface area contributed by atoms with E-state index in [1.165, 1.54) is 17.0 Å². The molecule has 2 amide bonds. The summed E-state index contributed by atoms with van der Waals surface area (Å²) in [6, 6.07) is 9.16. The second-order valence-electron chi connectivity index (χ2n) is 6.89. The number of rotatable bonds is 6. The first-order valence-corrected chi connectivity index (χ1v) is 9.32. The fourth-order valence-electron chi connectivity index (χ4n) is 2.92. The lowest BCUT2D eigenvalue weighted by Gasteiger charge is -2.20. The second kappa shape index (κ2) is 9.33. The number of likely N-dealkylation sites (N-methyl/N-ethyl adjacent to an activating group) is 1. The van der Waals surface area contributed by atoms with Crippen molar-refractivity contribution in [3.8, 4) is 5.75 Å². The van der Waals surface area contributed by atoms with E-state index in [4.69, 9.17) is 4.74 Å². The molecule has 0 saturated carbocycles. The van der Waals surface area contributed by atoms with Crippen molar-refractivity contribution in [1.82, 2.24) is 10.3 Å². The Hall–Kier alpha value is -3.82. The molecule has 0 aliphatic carbocycles. The van der Waals surface area contributed by atoms with E-state index in [1.54, 1.807) is 31.3 Å². The first-order chi connectivity index (χ1) is 14.8. The van der Waals surface area contributed by atoms with E-state index in [1.807, 2.05) is 0 Å². The third kappa shape index (κ3) is 5.21. The van der Waals surface area contributed by atoms with Gasteiger partial charge in [-0.1, -0.05) is 23.9 Å². The predicted octanol–water partition coefficient (Wildman–Crippen LogP) is 2.82. The van der Waals surface area contributed by atoms with Gasteiger partial charge in [0.2, 0.25) is 0 Å². The Morgan fingerprint density at radius 2 is 2.06 bits per heavy atom. The van der Waals surface area contributed by atoms with Gasteiger partial charge in [0.1, 0.15) is 35.7 Å². The molecular weight excluding hydrogens is 408 g/mol. The van der Waals surface area contributed by atoms with Gasteiger partial charge < -0.3 is 15.0 Å². The van der Waals surface area contributed by atoms with Crippen LogP contribution in [0.3, 0.4) is 0 Å². The molecular formula is C21H21F2N5O3. The molecule has 0 fully saturated rings. The van der Waals surface area contributed by atoms with Crippen LogP contribution in [0.2, 0.25) is 0 Å². The molecule has 0 aromatic heterocycles. The number of benzene rings is 2. The minimum absolute atomic E-state index is 0.0604. The topological polar surface area (TPSA) is 86.6 Å². The number of nitrogens with zero attached hydrogens (tertiary/aromatic N) is 4. The Bertz CT molecular complexity index is 1040. The molecule has 0 unspecified atom stereocenters. The average Bonchev–Trinajstić information content (AvgIpc) is 2.87. The number of hydrogen-bond donors (Lipinski definition) is 1. The van der Waals surface area contributed by atoms with Crippen LogP contribution < -0.4 is 15.0 Å². The second-order valence-corrected chi connectivity index (χ2v) is 6.89. The van der Waals surface area contributed by atoms with Gasteiger partial charge in [0.05, 0.1) is 12.2 Å². The lowest BCUT2D eigenvalue weighted by Crippen LogP contribution is -2.49. The van der Waals surface area contributed by atoms with Crippen LogP contribution >= 0.6 is 0 Å². The number of ether oxygens (including phenoxy) is 1. The van der Waals surface area contributed by atoms with E-state index in [0.29, 0.717) is 11.4 Å². The number of halogens is 2. The summed E-state index contributed by atoms with van der Waals surface area (Å²) in [7, 11) is 3.07. The first kappa shape index (κ1) is 21.9. The van der Waals surface area contributed by atoms with Crippen molar-refractivity contribution in [3.05, 3.63) is 71.9 Å². The molecule has 0 saturated heterocycles. The molecule has 1 aliphatic heterocycles. The normalized spacial score (nSPS) is 15.8. The molecule has 162 valence electrons. The summed E-state index contributed by atoms with van der Waals surface area (Å²) in [4.78, 5) is 26.5. The lowest BCUT2D eigenvalue weighted by atomic mass is 10.2. The highest BCUT2D eigenvalue weighted by Crippen LogP contribution is 2.29. The SMILES string of the molecule is C=C(N=NN(C)Cc1cc(F)ccc1F)C(=O)N[C@H]1COc2ccccc2N(C)C1=O. The maximum Gasteiger partial charge on any atom is 0.271 e. The van der Waals surface area contributed by atoms with Crippen molar-refractivity contribution >= 4 is 17.5 Å². The van der Waals surface area contributed by atoms with Crippen LogP contribution in [0.25, 0.3) is 0 Å². The smallest absolute Gasteiger partial charge is 0.271 e. The number of carbonyl (C=O) groups is 2. The zero-order chi connectivity index (χ0) is 22.5. The highest BCUT2D eigenvalue weighted by molar-refractivity contribution is 6.02. The van der Waals surface area contributed by atoms with Crippen LogP contribution in [0.4, 0.5) is 14.5 Å². The highest BCUT2D eigenvalue weighted by Gasteiger charge is 2.30. The van der Waals surface area contributed by atoms with Crippen LogP contribution in [-0.4, -0.2) is 43.6 Å². The number of anilines is 1. The van der Waals surface area contributed by atoms with E-state index >= 15 is 0 Å². The van der Waals surface area contributed by atoms with Crippen molar-refractivity contribution in [2.24, 2.45) is 10.3 Å². The number of fused-ring (bicyclic) bond motifs is 1. The van der Waals surface area contributed by atoms with Gasteiger partial charge in [-0.2, -0.15) is 0 Å². The summed E-state index contributed by atoms with van der Waals surface area (Å²) in [5, 5.41) is 11.2. The van der Waals surface area contributed by atoms with Crippen molar-refractivity contribution < 1.29 is 23.1 Å². The molecule has 3 rings (SSSR count). The molecule has 0 spiro atoms. The molecule has 2 aromatic rings. The van der Waals surface area contributed by atoms with Gasteiger partial charge in [-0.15, -0.1) is 5.11 Å². The largest absolute Gasteiger partial charge is 0.489 e. The van der Waals surface area contributed by atoms with Gasteiger partial charge in [0.25, 0.3) is 11.8 Å². The van der Waals surface area contributed by atoms with Crippen LogP contribution in [0.5, 0.6) is 5.75 Å². The summed E-state index contributed by atoms with van der Waals surface area (Å²) in [6.45, 7) is 3.41. The molecule has 10 heteroatoms. The van der Waals surface area contributed by atoms with Crippen molar-refractivity contribution in [3.63, 3.8) is 0 Å². The molecule has 31 heavy (non-hydrogen) atoms. The number of carbonyl (C=O) groups excluding carboxylic acids is 2. The van der Waals surface area contributed by atoms with Gasteiger partial charge in [-0.05, 0) is 30.3 Å². The van der Waals surface area contributed by atoms with Gasteiger partial charge in [0.15, 0.2) is 0 Å². The summed E-state index contributed by atoms with van der Waals surface area (Å²) < 4.78 is 32.6. The average molecular weight is 429 g/mol. The number of hydrogen-bond acceptors (Lipinski definition) is 5. The van der Waals surface area contributed by atoms with Crippen LogP contribution in [0, 0.1) is 11.6 Å². The summed E-state index contributed by atoms with van der Waals surface area (Å²) >= 11 is 0. The Morgan fingerprint density at radius 3 is 2.84 bits per heavy atom. The van der Waals surface area contributed by atoms with Crippen molar-refractivity contribution in [2.45, 2.75) is 12.6 Å². The van der Waals surface area contributed by atoms with Gasteiger partial charge in [-0.3, -0.25) is 14.6 Å². The van der Waals surface area contributed by atoms with E-state index in [0.717, 1.165) is 18.2 Å². The first-order valence-electron chi connectivity index (χ1n) is 9.32. The quantitative estimate of drug-likeness (QED) is 0.435. The van der Waals surface area contributed by atoms with E-state index in [9.17, 15) is 18.4 Å². The number of nitrogens with one attached hydrogen (secondary N) is 1. The molecule has 8 nitrogen and oxygen atoms in total. The molecule has 1 heterocycles. The fraction of sp³-hybridized carbons (Fsp3) is 0.238. The molecule has 1 aliphatic rings. The van der Waals surface area contributed by atoms with E-state index in [-0.39, 0.29) is 30.3 Å². The minimum atomic E-state index is -0.948. The monoisotopic (exact) mass is 429 g/mol. The predicted molar refractivity (Wildman–Crippen MR) is 109 cm³/mol. The molecule has 1 atom stereocenters. The van der Waals surface area contributed by atoms with E-state index < -0.39 is 23.6 Å². The van der Waals surface area contributed by atoms with Gasteiger partial charge in [0, 0.05) is 19.7 Å². The third-order valence-electron chi connectivity index (χ3n) is 4.55. The van der Waals surface area contributed by atoms with E-state index in [2.05, 4.69) is 22.2 Å². The Labute approximate surface area is 177 Å². The zero-order valence-corrected chi connectivity index (χ0v) is 17.0. The van der Waals surface area contributed by atoms with Crippen LogP contribution in [0.15, 0.2) is 65.1 Å². The number of para-hydroxylation sites is 2. The third-order valence-corrected chi connectivity index (χ3v) is 4.55.